The molecule has 0 aliphatic carbocycles. The summed E-state index contributed by atoms with van der Waals surface area (Å²) in [6.45, 7) is 4.65. The van der Waals surface area contributed by atoms with Gasteiger partial charge in [-0.05, 0) is 67.2 Å². The number of aromatic nitrogens is 1. The van der Waals surface area contributed by atoms with Gasteiger partial charge in [-0.25, -0.2) is 4.98 Å². The van der Waals surface area contributed by atoms with Crippen LogP contribution < -0.4 is 4.90 Å². The summed E-state index contributed by atoms with van der Waals surface area (Å²) >= 11 is 0. The average Bonchev–Trinajstić information content (AvgIpc) is 2.99. The zero-order chi connectivity index (χ0) is 27.7. The number of hydrogen-bond acceptors (Lipinski definition) is 5. The summed E-state index contributed by atoms with van der Waals surface area (Å²) < 4.78 is 0. The quantitative estimate of drug-likeness (QED) is 0.280. The molecular weight excluding hydrogens is 492 g/mol. The second-order valence-corrected chi connectivity index (χ2v) is 11.3. The van der Waals surface area contributed by atoms with E-state index in [1.54, 1.807) is 0 Å². The van der Waals surface area contributed by atoms with E-state index in [4.69, 9.17) is 4.98 Å². The molecule has 1 saturated heterocycles. The number of fused-ring (bicyclic) bond motifs is 2. The molecule has 0 spiro atoms. The van der Waals surface area contributed by atoms with Gasteiger partial charge in [0, 0.05) is 43.7 Å². The van der Waals surface area contributed by atoms with Crippen molar-refractivity contribution < 1.29 is 5.11 Å². The molecule has 1 aromatic heterocycles. The molecule has 1 fully saturated rings. The standard InChI is InChI=1S/C35H38N4O/c1-37(2)20-19-35(40,31-16-9-14-26-13-7-8-15-28(26)31)32-17-10-18-33-30(32)25-29(27-11-5-4-6-12-27)34(36-33)39-23-21-38(3)22-24-39/h4-18,25,40H,19-24H2,1-3H3. The normalized spacial score (nSPS) is 16.1. The minimum Gasteiger partial charge on any atom is -0.380 e. The number of anilines is 1. The van der Waals surface area contributed by atoms with Gasteiger partial charge in [0.25, 0.3) is 0 Å². The molecule has 6 rings (SSSR count). The molecule has 0 saturated carbocycles. The van der Waals surface area contributed by atoms with E-state index in [2.05, 4.69) is 127 Å². The van der Waals surface area contributed by atoms with E-state index in [1.807, 2.05) is 6.07 Å². The first kappa shape index (κ1) is 26.5. The topological polar surface area (TPSA) is 42.8 Å². The molecule has 1 N–H and O–H groups in total. The molecule has 1 atom stereocenters. The van der Waals surface area contributed by atoms with Crippen LogP contribution in [-0.4, -0.2) is 73.8 Å². The molecule has 5 nitrogen and oxygen atoms in total. The summed E-state index contributed by atoms with van der Waals surface area (Å²) in [7, 11) is 6.30. The monoisotopic (exact) mass is 530 g/mol. The van der Waals surface area contributed by atoms with Gasteiger partial charge in [0.05, 0.1) is 5.52 Å². The van der Waals surface area contributed by atoms with Gasteiger partial charge in [0.2, 0.25) is 0 Å². The van der Waals surface area contributed by atoms with E-state index in [-0.39, 0.29) is 0 Å². The zero-order valence-corrected chi connectivity index (χ0v) is 23.7. The van der Waals surface area contributed by atoms with Crippen LogP contribution in [0, 0.1) is 0 Å². The number of aliphatic hydroxyl groups is 1. The van der Waals surface area contributed by atoms with Crippen molar-refractivity contribution in [3.63, 3.8) is 0 Å². The highest BCUT2D eigenvalue weighted by Crippen LogP contribution is 2.42. The summed E-state index contributed by atoms with van der Waals surface area (Å²) in [6, 6.07) is 33.6. The van der Waals surface area contributed by atoms with Gasteiger partial charge in [-0.1, -0.05) is 84.9 Å². The maximum Gasteiger partial charge on any atom is 0.137 e. The van der Waals surface area contributed by atoms with E-state index >= 15 is 0 Å². The third-order valence-corrected chi connectivity index (χ3v) is 8.33. The van der Waals surface area contributed by atoms with Crippen LogP contribution in [0.4, 0.5) is 5.82 Å². The van der Waals surface area contributed by atoms with E-state index in [1.165, 1.54) is 0 Å². The maximum absolute atomic E-state index is 12.8. The average molecular weight is 531 g/mol. The Balaban J connectivity index is 1.59. The Morgan fingerprint density at radius 1 is 0.775 bits per heavy atom. The van der Waals surface area contributed by atoms with Gasteiger partial charge in [-0.2, -0.15) is 0 Å². The smallest absolute Gasteiger partial charge is 0.137 e. The van der Waals surface area contributed by atoms with Crippen LogP contribution in [-0.2, 0) is 5.60 Å². The van der Waals surface area contributed by atoms with Crippen LogP contribution in [0.5, 0.6) is 0 Å². The van der Waals surface area contributed by atoms with E-state index in [0.717, 1.165) is 82.5 Å². The Labute approximate surface area is 237 Å². The minimum atomic E-state index is -1.20. The molecule has 204 valence electrons. The predicted octanol–water partition coefficient (Wildman–Crippen LogP) is 5.99. The lowest BCUT2D eigenvalue weighted by atomic mass is 9.79. The molecule has 1 aliphatic rings. The second kappa shape index (κ2) is 11.0. The van der Waals surface area contributed by atoms with Crippen LogP contribution in [0.1, 0.15) is 17.5 Å². The summed E-state index contributed by atoms with van der Waals surface area (Å²) in [5.41, 5.74) is 3.80. The van der Waals surface area contributed by atoms with Gasteiger partial charge in [-0.3, -0.25) is 0 Å². The van der Waals surface area contributed by atoms with Gasteiger partial charge < -0.3 is 19.8 Å². The number of pyridine rings is 1. The van der Waals surface area contributed by atoms with E-state index < -0.39 is 5.60 Å². The molecule has 5 aromatic rings. The fourth-order valence-electron chi connectivity index (χ4n) is 6.02. The first-order chi connectivity index (χ1) is 19.4. The number of likely N-dealkylation sites (N-methyl/N-ethyl adjacent to an activating group) is 1. The van der Waals surface area contributed by atoms with Crippen molar-refractivity contribution >= 4 is 27.5 Å². The molecule has 5 heteroatoms. The molecule has 0 bridgehead atoms. The van der Waals surface area contributed by atoms with Crippen molar-refractivity contribution in [2.45, 2.75) is 12.0 Å². The number of piperazine rings is 1. The Hall–Kier alpha value is -3.77. The summed E-state index contributed by atoms with van der Waals surface area (Å²) in [4.78, 5) is 12.2. The molecule has 0 radical (unpaired) electrons. The van der Waals surface area contributed by atoms with Crippen molar-refractivity contribution in [3.8, 4) is 11.1 Å². The van der Waals surface area contributed by atoms with Crippen LogP contribution in [0.25, 0.3) is 32.8 Å². The fourth-order valence-corrected chi connectivity index (χ4v) is 6.02. The van der Waals surface area contributed by atoms with Crippen LogP contribution in [0.3, 0.4) is 0 Å². The van der Waals surface area contributed by atoms with Crippen molar-refractivity contribution in [1.82, 2.24) is 14.8 Å². The molecule has 1 aliphatic heterocycles. The number of nitrogens with zero attached hydrogens (tertiary/aromatic N) is 4. The molecule has 1 unspecified atom stereocenters. The Morgan fingerprint density at radius 3 is 2.17 bits per heavy atom. The van der Waals surface area contributed by atoms with Gasteiger partial charge >= 0.3 is 0 Å². The first-order valence-electron chi connectivity index (χ1n) is 14.2. The first-order valence-corrected chi connectivity index (χ1v) is 14.2. The van der Waals surface area contributed by atoms with Crippen molar-refractivity contribution in [1.29, 1.82) is 0 Å². The van der Waals surface area contributed by atoms with Crippen LogP contribution >= 0.6 is 0 Å². The highest BCUT2D eigenvalue weighted by molar-refractivity contribution is 5.94. The third-order valence-electron chi connectivity index (χ3n) is 8.33. The summed E-state index contributed by atoms with van der Waals surface area (Å²) in [5, 5.41) is 16.0. The largest absolute Gasteiger partial charge is 0.380 e. The van der Waals surface area contributed by atoms with Crippen molar-refractivity contribution in [2.75, 3.05) is 58.8 Å². The molecule has 4 aromatic carbocycles. The van der Waals surface area contributed by atoms with E-state index in [9.17, 15) is 5.11 Å². The third kappa shape index (κ3) is 4.97. The fraction of sp³-hybridized carbons (Fsp3) is 0.286. The van der Waals surface area contributed by atoms with Crippen molar-refractivity contribution in [3.05, 3.63) is 108 Å². The summed E-state index contributed by atoms with van der Waals surface area (Å²) in [5.74, 6) is 1.02. The van der Waals surface area contributed by atoms with Gasteiger partial charge in [0.15, 0.2) is 0 Å². The lowest BCUT2D eigenvalue weighted by Crippen LogP contribution is -2.45. The number of benzene rings is 4. The van der Waals surface area contributed by atoms with Crippen LogP contribution in [0.2, 0.25) is 0 Å². The molecule has 0 amide bonds. The number of hydrogen-bond donors (Lipinski definition) is 1. The molecule has 40 heavy (non-hydrogen) atoms. The van der Waals surface area contributed by atoms with Crippen molar-refractivity contribution in [2.24, 2.45) is 0 Å². The SMILES string of the molecule is CN(C)CCC(O)(c1cccc2ccccc12)c1cccc2nc(N3CCN(C)CC3)c(-c3ccccc3)cc12. The lowest BCUT2D eigenvalue weighted by Gasteiger charge is -2.35. The van der Waals surface area contributed by atoms with Crippen LogP contribution in [0.15, 0.2) is 97.1 Å². The van der Waals surface area contributed by atoms with Gasteiger partial charge in [0.1, 0.15) is 11.4 Å². The maximum atomic E-state index is 12.8. The highest BCUT2D eigenvalue weighted by atomic mass is 16.3. The predicted molar refractivity (Wildman–Crippen MR) is 167 cm³/mol. The second-order valence-electron chi connectivity index (χ2n) is 11.3. The highest BCUT2D eigenvalue weighted by Gasteiger charge is 2.35. The minimum absolute atomic E-state index is 0.563. The lowest BCUT2D eigenvalue weighted by molar-refractivity contribution is 0.0658. The molecule has 2 heterocycles. The Morgan fingerprint density at radius 2 is 1.43 bits per heavy atom. The van der Waals surface area contributed by atoms with E-state index in [0.29, 0.717) is 6.42 Å². The Bertz CT molecular complexity index is 1620. The zero-order valence-electron chi connectivity index (χ0n) is 23.7. The van der Waals surface area contributed by atoms with Gasteiger partial charge in [-0.15, -0.1) is 0 Å². The number of rotatable bonds is 7. The summed E-state index contributed by atoms with van der Waals surface area (Å²) in [6.07, 6.45) is 0.563. The molecular formula is C35H38N4O. The Kier molecular flexibility index (Phi) is 7.28.